The molecule has 142 valence electrons. The minimum absolute atomic E-state index is 0.119. The van der Waals surface area contributed by atoms with Gasteiger partial charge in [-0.3, -0.25) is 9.10 Å². The molecule has 1 fully saturated rings. The van der Waals surface area contributed by atoms with Crippen molar-refractivity contribution in [3.05, 3.63) is 63.6 Å². The molecule has 6 nitrogen and oxygen atoms in total. The van der Waals surface area contributed by atoms with E-state index < -0.39 is 28.4 Å². The molecule has 9 heteroatoms. The number of hydrogen-bond acceptors (Lipinski definition) is 5. The van der Waals surface area contributed by atoms with Crippen LogP contribution in [0.25, 0.3) is 0 Å². The Morgan fingerprint density at radius 1 is 1.00 bits per heavy atom. The van der Waals surface area contributed by atoms with Crippen molar-refractivity contribution in [1.82, 2.24) is 0 Å². The van der Waals surface area contributed by atoms with Crippen molar-refractivity contribution in [2.45, 2.75) is 6.42 Å². The molecule has 0 aliphatic carbocycles. The van der Waals surface area contributed by atoms with Crippen molar-refractivity contribution in [1.29, 1.82) is 0 Å². The molecule has 0 saturated carbocycles. The van der Waals surface area contributed by atoms with Crippen molar-refractivity contribution in [2.24, 2.45) is 0 Å². The summed E-state index contributed by atoms with van der Waals surface area (Å²) >= 11 is 11.7. The van der Waals surface area contributed by atoms with Gasteiger partial charge in [0.15, 0.2) is 12.4 Å². The number of Topliss-reactive ketones (excluding diaryl/α,β-unsaturated/α-hetero) is 1. The number of sulfonamides is 1. The number of halogens is 2. The van der Waals surface area contributed by atoms with Crippen LogP contribution in [0, 0.1) is 0 Å². The molecule has 0 aromatic heterocycles. The first-order valence-corrected chi connectivity index (χ1v) is 10.4. The second-order valence-corrected chi connectivity index (χ2v) is 8.74. The molecule has 0 atom stereocenters. The fraction of sp³-hybridized carbons (Fsp3) is 0.222. The summed E-state index contributed by atoms with van der Waals surface area (Å²) in [7, 11) is -3.28. The third kappa shape index (κ3) is 4.43. The molecular formula is C18H15Cl2NO5S. The van der Waals surface area contributed by atoms with Crippen molar-refractivity contribution in [3.8, 4) is 0 Å². The third-order valence-electron chi connectivity index (χ3n) is 4.07. The van der Waals surface area contributed by atoms with E-state index in [1.807, 2.05) is 0 Å². The van der Waals surface area contributed by atoms with Crippen molar-refractivity contribution >= 4 is 50.7 Å². The molecule has 0 bridgehead atoms. The number of esters is 1. The summed E-state index contributed by atoms with van der Waals surface area (Å²) in [5.41, 5.74) is 1.00. The molecule has 1 saturated heterocycles. The zero-order valence-corrected chi connectivity index (χ0v) is 16.4. The van der Waals surface area contributed by atoms with Crippen LogP contribution in [-0.4, -0.2) is 39.1 Å². The lowest BCUT2D eigenvalue weighted by Crippen LogP contribution is -2.25. The van der Waals surface area contributed by atoms with Gasteiger partial charge in [0.25, 0.3) is 0 Å². The van der Waals surface area contributed by atoms with E-state index in [2.05, 4.69) is 0 Å². The molecule has 2 aromatic rings. The van der Waals surface area contributed by atoms with Crippen molar-refractivity contribution in [3.63, 3.8) is 0 Å². The van der Waals surface area contributed by atoms with Gasteiger partial charge in [0.05, 0.1) is 27.0 Å². The number of ether oxygens (including phenoxy) is 1. The molecular weight excluding hydrogens is 413 g/mol. The molecule has 0 spiro atoms. The molecule has 0 unspecified atom stereocenters. The Labute approximate surface area is 166 Å². The Balaban J connectivity index is 1.62. The van der Waals surface area contributed by atoms with E-state index in [-0.39, 0.29) is 21.9 Å². The molecule has 1 aliphatic rings. The standard InChI is InChI=1S/C18H15Cl2NO5S/c19-15-7-4-13(10-16(15)20)17(22)11-26-18(23)12-2-5-14(6-3-12)21-8-1-9-27(21,24)25/h2-7,10H,1,8-9,11H2. The van der Waals surface area contributed by atoms with Crippen LogP contribution in [0.4, 0.5) is 5.69 Å². The lowest BCUT2D eigenvalue weighted by atomic mass is 10.1. The minimum atomic E-state index is -3.28. The Morgan fingerprint density at radius 2 is 1.67 bits per heavy atom. The van der Waals surface area contributed by atoms with Crippen LogP contribution < -0.4 is 4.31 Å². The van der Waals surface area contributed by atoms with E-state index in [1.54, 1.807) is 12.1 Å². The molecule has 27 heavy (non-hydrogen) atoms. The average Bonchev–Trinajstić information content (AvgIpc) is 3.01. The molecule has 3 rings (SSSR count). The van der Waals surface area contributed by atoms with Gasteiger partial charge < -0.3 is 4.74 Å². The summed E-state index contributed by atoms with van der Waals surface area (Å²) in [5.74, 6) is -0.978. The van der Waals surface area contributed by atoms with Crippen molar-refractivity contribution < 1.29 is 22.7 Å². The average molecular weight is 428 g/mol. The monoisotopic (exact) mass is 427 g/mol. The normalized spacial score (nSPS) is 15.6. The number of anilines is 1. The maximum atomic E-state index is 12.1. The lowest BCUT2D eigenvalue weighted by Gasteiger charge is -2.16. The SMILES string of the molecule is O=C(COC(=O)c1ccc(N2CCCS2(=O)=O)cc1)c1ccc(Cl)c(Cl)c1. The highest BCUT2D eigenvalue weighted by Gasteiger charge is 2.28. The molecule has 1 heterocycles. The van der Waals surface area contributed by atoms with Crippen LogP contribution in [0.3, 0.4) is 0 Å². The van der Waals surface area contributed by atoms with Crippen LogP contribution in [0.1, 0.15) is 27.1 Å². The topological polar surface area (TPSA) is 80.8 Å². The number of carbonyl (C=O) groups excluding carboxylic acids is 2. The number of carbonyl (C=O) groups is 2. The highest BCUT2D eigenvalue weighted by atomic mass is 35.5. The predicted octanol–water partition coefficient (Wildman–Crippen LogP) is 3.57. The fourth-order valence-electron chi connectivity index (χ4n) is 2.66. The zero-order valence-electron chi connectivity index (χ0n) is 14.0. The van der Waals surface area contributed by atoms with Gasteiger partial charge in [-0.2, -0.15) is 0 Å². The summed E-state index contributed by atoms with van der Waals surface area (Å²) < 4.78 is 30.2. The summed E-state index contributed by atoms with van der Waals surface area (Å²) in [6.07, 6.45) is 0.572. The first-order valence-electron chi connectivity index (χ1n) is 8.04. The van der Waals surface area contributed by atoms with Crippen LogP contribution in [-0.2, 0) is 14.8 Å². The van der Waals surface area contributed by atoms with E-state index in [0.717, 1.165) is 0 Å². The van der Waals surface area contributed by atoms with E-state index in [4.69, 9.17) is 27.9 Å². The van der Waals surface area contributed by atoms with Gasteiger partial charge in [-0.05, 0) is 48.9 Å². The van der Waals surface area contributed by atoms with E-state index >= 15 is 0 Å². The summed E-state index contributed by atoms with van der Waals surface area (Å²) in [6, 6.07) is 10.4. The maximum Gasteiger partial charge on any atom is 0.338 e. The fourth-order valence-corrected chi connectivity index (χ4v) is 4.52. The van der Waals surface area contributed by atoms with Gasteiger partial charge in [-0.15, -0.1) is 0 Å². The summed E-state index contributed by atoms with van der Waals surface area (Å²) in [5, 5.41) is 0.562. The van der Waals surface area contributed by atoms with Crippen LogP contribution in [0.5, 0.6) is 0 Å². The number of ketones is 1. The Kier molecular flexibility index (Phi) is 5.74. The van der Waals surface area contributed by atoms with Crippen LogP contribution >= 0.6 is 23.2 Å². The molecule has 0 radical (unpaired) electrons. The van der Waals surface area contributed by atoms with Crippen LogP contribution in [0.15, 0.2) is 42.5 Å². The maximum absolute atomic E-state index is 12.1. The predicted molar refractivity (Wildman–Crippen MR) is 103 cm³/mol. The smallest absolute Gasteiger partial charge is 0.338 e. The molecule has 0 amide bonds. The Hall–Kier alpha value is -2.09. The van der Waals surface area contributed by atoms with E-state index in [0.29, 0.717) is 23.7 Å². The molecule has 0 N–H and O–H groups in total. The number of rotatable bonds is 5. The number of benzene rings is 2. The quantitative estimate of drug-likeness (QED) is 0.537. The zero-order chi connectivity index (χ0) is 19.6. The van der Waals surface area contributed by atoms with Gasteiger partial charge >= 0.3 is 5.97 Å². The van der Waals surface area contributed by atoms with Gasteiger partial charge in [0.2, 0.25) is 10.0 Å². The minimum Gasteiger partial charge on any atom is -0.454 e. The van der Waals surface area contributed by atoms with Crippen LogP contribution in [0.2, 0.25) is 10.0 Å². The Morgan fingerprint density at radius 3 is 2.26 bits per heavy atom. The van der Waals surface area contributed by atoms with Gasteiger partial charge in [-0.25, -0.2) is 13.2 Å². The van der Waals surface area contributed by atoms with Gasteiger partial charge in [-0.1, -0.05) is 23.2 Å². The second-order valence-electron chi connectivity index (χ2n) is 5.92. The highest BCUT2D eigenvalue weighted by Crippen LogP contribution is 2.25. The number of hydrogen-bond donors (Lipinski definition) is 0. The van der Waals surface area contributed by atoms with Gasteiger partial charge in [0.1, 0.15) is 0 Å². The van der Waals surface area contributed by atoms with E-state index in [9.17, 15) is 18.0 Å². The van der Waals surface area contributed by atoms with E-state index in [1.165, 1.54) is 34.6 Å². The molecule has 1 aliphatic heterocycles. The second kappa shape index (κ2) is 7.88. The van der Waals surface area contributed by atoms with Gasteiger partial charge in [0, 0.05) is 12.1 Å². The first kappa shape index (κ1) is 19.7. The highest BCUT2D eigenvalue weighted by molar-refractivity contribution is 7.93. The first-order chi connectivity index (χ1) is 12.8. The van der Waals surface area contributed by atoms with Crippen molar-refractivity contribution in [2.75, 3.05) is 23.2 Å². The summed E-state index contributed by atoms with van der Waals surface area (Å²) in [6.45, 7) is -0.0245. The third-order valence-corrected chi connectivity index (χ3v) is 6.67. The summed E-state index contributed by atoms with van der Waals surface area (Å²) in [4.78, 5) is 24.2. The number of nitrogens with zero attached hydrogens (tertiary/aromatic N) is 1. The lowest BCUT2D eigenvalue weighted by molar-refractivity contribution is 0.0475. The molecule has 2 aromatic carbocycles. The Bertz CT molecular complexity index is 989. The largest absolute Gasteiger partial charge is 0.454 e.